The van der Waals surface area contributed by atoms with Crippen molar-refractivity contribution in [3.05, 3.63) is 54.1 Å². The molecule has 0 saturated carbocycles. The summed E-state index contributed by atoms with van der Waals surface area (Å²) in [4.78, 5) is 1.32. The van der Waals surface area contributed by atoms with Crippen LogP contribution in [0.5, 0.6) is 0 Å². The minimum absolute atomic E-state index is 0.101. The van der Waals surface area contributed by atoms with Crippen molar-refractivity contribution in [2.24, 2.45) is 0 Å². The van der Waals surface area contributed by atoms with Gasteiger partial charge < -0.3 is 0 Å². The Hall–Kier alpha value is -1.34. The topological polar surface area (TPSA) is 0 Å². The molecule has 0 aromatic heterocycles. The van der Waals surface area contributed by atoms with Gasteiger partial charge in [0.15, 0.2) is 0 Å². The van der Waals surface area contributed by atoms with Crippen LogP contribution in [0.2, 0.25) is 0 Å². The summed E-state index contributed by atoms with van der Waals surface area (Å²) in [6.07, 6.45) is 3.24. The van der Waals surface area contributed by atoms with Crippen molar-refractivity contribution in [3.63, 3.8) is 0 Å². The van der Waals surface area contributed by atoms with Crippen LogP contribution in [-0.4, -0.2) is 12.1 Å². The Morgan fingerprint density at radius 2 is 1.35 bits per heavy atom. The molecule has 0 radical (unpaired) electrons. The summed E-state index contributed by atoms with van der Waals surface area (Å²) in [6.45, 7) is 2.18. The molecule has 0 aliphatic carbocycles. The van der Waals surface area contributed by atoms with Gasteiger partial charge in [-0.15, -0.1) is 0 Å². The first-order chi connectivity index (χ1) is 8.20. The van der Waals surface area contributed by atoms with Gasteiger partial charge in [-0.05, 0) is 41.5 Å². The molecule has 0 aliphatic rings. The first kappa shape index (κ1) is 12.1. The highest BCUT2D eigenvalue weighted by Gasteiger charge is 1.98. The zero-order valence-electron chi connectivity index (χ0n) is 10.4. The lowest BCUT2D eigenvalue weighted by atomic mass is 10.0. The van der Waals surface area contributed by atoms with E-state index in [1.807, 2.05) is 0 Å². The molecule has 0 amide bonds. The zero-order chi connectivity index (χ0) is 12.3. The van der Waals surface area contributed by atoms with E-state index in [2.05, 4.69) is 67.6 Å². The fourth-order valence-corrected chi connectivity index (χ4v) is 2.41. The first-order valence-corrected chi connectivity index (χ1v) is 7.66. The molecular weight excluding hydrogens is 224 g/mol. The van der Waals surface area contributed by atoms with Gasteiger partial charge >= 0.3 is 0 Å². The van der Waals surface area contributed by atoms with Crippen molar-refractivity contribution in [2.45, 2.75) is 18.2 Å². The number of benzene rings is 2. The lowest BCUT2D eigenvalue weighted by molar-refractivity contribution is 1.14. The summed E-state index contributed by atoms with van der Waals surface area (Å²) in [7, 11) is 0.101. The average Bonchev–Trinajstić information content (AvgIpc) is 2.39. The van der Waals surface area contributed by atoms with E-state index in [9.17, 15) is 0 Å². The summed E-state index contributed by atoms with van der Waals surface area (Å²) in [5.74, 6) is 4.06. The highest BCUT2D eigenvalue weighted by molar-refractivity contribution is 8.13. The fraction of sp³-hybridized carbons (Fsp3) is 0.188. The van der Waals surface area contributed by atoms with Crippen molar-refractivity contribution in [1.29, 1.82) is 0 Å². The van der Waals surface area contributed by atoms with Gasteiger partial charge in [-0.25, -0.2) is 0 Å². The van der Waals surface area contributed by atoms with E-state index in [0.29, 0.717) is 0 Å². The highest BCUT2D eigenvalue weighted by Crippen LogP contribution is 2.25. The van der Waals surface area contributed by atoms with E-state index < -0.39 is 0 Å². The maximum absolute atomic E-state index is 4.06. The predicted molar refractivity (Wildman–Crippen MR) is 80.2 cm³/mol. The van der Waals surface area contributed by atoms with Crippen molar-refractivity contribution in [3.8, 4) is 11.1 Å². The molecule has 17 heavy (non-hydrogen) atoms. The predicted octanol–water partition coefficient (Wildman–Crippen LogP) is 4.61. The van der Waals surface area contributed by atoms with Crippen molar-refractivity contribution >= 4 is 16.4 Å². The number of rotatable bonds is 3. The average molecular weight is 242 g/mol. The van der Waals surface area contributed by atoms with Crippen LogP contribution in [0, 0.1) is 0 Å². The van der Waals surface area contributed by atoms with Crippen LogP contribution < -0.4 is 0 Å². The van der Waals surface area contributed by atoms with Crippen LogP contribution >= 0.6 is 10.5 Å². The molecule has 0 nitrogen and oxygen atoms in total. The third-order valence-electron chi connectivity index (χ3n) is 2.95. The molecule has 1 unspecified atom stereocenters. The summed E-state index contributed by atoms with van der Waals surface area (Å²) in [6, 6.07) is 17.5. The van der Waals surface area contributed by atoms with E-state index >= 15 is 0 Å². The van der Waals surface area contributed by atoms with Gasteiger partial charge in [0, 0.05) is 4.90 Å². The van der Waals surface area contributed by atoms with Crippen LogP contribution in [-0.2, 0) is 6.42 Å². The van der Waals surface area contributed by atoms with Crippen LogP contribution in [0.1, 0.15) is 12.5 Å². The van der Waals surface area contributed by atoms with E-state index in [0.717, 1.165) is 6.42 Å². The quantitative estimate of drug-likeness (QED) is 0.690. The second-order valence-electron chi connectivity index (χ2n) is 4.21. The molecule has 0 saturated heterocycles. The van der Waals surface area contributed by atoms with Gasteiger partial charge in [0.1, 0.15) is 0 Å². The van der Waals surface area contributed by atoms with Crippen LogP contribution in [0.4, 0.5) is 0 Å². The van der Waals surface area contributed by atoms with Crippen LogP contribution in [0.15, 0.2) is 53.4 Å². The highest BCUT2D eigenvalue weighted by atomic mass is 32.2. The van der Waals surface area contributed by atoms with Crippen molar-refractivity contribution in [2.75, 3.05) is 6.26 Å². The second-order valence-corrected chi connectivity index (χ2v) is 5.96. The van der Waals surface area contributed by atoms with Crippen molar-refractivity contribution in [1.82, 2.24) is 0 Å². The van der Waals surface area contributed by atoms with E-state index in [-0.39, 0.29) is 10.5 Å². The maximum Gasteiger partial charge on any atom is 0.000895 e. The Bertz CT molecular complexity index is 506. The molecule has 0 heterocycles. The SMILES string of the molecule is C=S(C)c1ccc(-c2ccc(CC)cc2)cc1. The Labute approximate surface area is 106 Å². The van der Waals surface area contributed by atoms with E-state index in [1.54, 1.807) is 0 Å². The maximum atomic E-state index is 4.06. The molecule has 0 aliphatic heterocycles. The Morgan fingerprint density at radius 3 is 1.76 bits per heavy atom. The summed E-state index contributed by atoms with van der Waals surface area (Å²) in [5.41, 5.74) is 3.95. The Balaban J connectivity index is 2.29. The molecule has 2 aromatic rings. The van der Waals surface area contributed by atoms with Gasteiger partial charge in [-0.1, -0.05) is 49.2 Å². The van der Waals surface area contributed by atoms with E-state index in [4.69, 9.17) is 0 Å². The molecule has 2 rings (SSSR count). The largest absolute Gasteiger partial charge is 0.165 e. The van der Waals surface area contributed by atoms with Crippen molar-refractivity contribution < 1.29 is 0 Å². The summed E-state index contributed by atoms with van der Waals surface area (Å²) in [5, 5.41) is 0. The van der Waals surface area contributed by atoms with Gasteiger partial charge in [0.2, 0.25) is 0 Å². The Morgan fingerprint density at radius 1 is 0.882 bits per heavy atom. The fourth-order valence-electron chi connectivity index (χ4n) is 1.81. The molecule has 1 heteroatoms. The third kappa shape index (κ3) is 2.86. The third-order valence-corrected chi connectivity index (χ3v) is 4.03. The van der Waals surface area contributed by atoms with Gasteiger partial charge in [-0.3, -0.25) is 0 Å². The number of hydrogen-bond donors (Lipinski definition) is 0. The molecule has 88 valence electrons. The number of hydrogen-bond acceptors (Lipinski definition) is 0. The lowest BCUT2D eigenvalue weighted by Gasteiger charge is -2.05. The summed E-state index contributed by atoms with van der Waals surface area (Å²) < 4.78 is 0. The molecule has 0 bridgehead atoms. The van der Waals surface area contributed by atoms with Crippen LogP contribution in [0.3, 0.4) is 0 Å². The minimum atomic E-state index is 0.101. The normalized spacial score (nSPS) is 12.4. The number of aryl methyl sites for hydroxylation is 1. The smallest absolute Gasteiger partial charge is 0.000895 e. The molecule has 1 atom stereocenters. The van der Waals surface area contributed by atoms with Gasteiger partial charge in [0.05, 0.1) is 0 Å². The first-order valence-electron chi connectivity index (χ1n) is 5.85. The monoisotopic (exact) mass is 242 g/mol. The lowest BCUT2D eigenvalue weighted by Crippen LogP contribution is -1.82. The van der Waals surface area contributed by atoms with E-state index in [1.165, 1.54) is 21.6 Å². The molecule has 0 fully saturated rings. The molecule has 0 N–H and O–H groups in total. The zero-order valence-corrected chi connectivity index (χ0v) is 11.3. The Kier molecular flexibility index (Phi) is 3.80. The standard InChI is InChI=1S/C16H18S/c1-4-13-5-7-14(8-6-13)15-9-11-16(12-10-15)17(2)3/h5-12H,2,4H2,1,3H3. The molecule has 2 aromatic carbocycles. The molecular formula is C16H18S. The second kappa shape index (κ2) is 5.33. The van der Waals surface area contributed by atoms with Crippen LogP contribution in [0.25, 0.3) is 11.1 Å². The van der Waals surface area contributed by atoms with Gasteiger partial charge in [0.25, 0.3) is 0 Å². The van der Waals surface area contributed by atoms with Gasteiger partial charge in [-0.2, -0.15) is 10.5 Å². The molecule has 0 spiro atoms. The summed E-state index contributed by atoms with van der Waals surface area (Å²) >= 11 is 0. The minimum Gasteiger partial charge on any atom is -0.165 e.